The van der Waals surface area contributed by atoms with Crippen molar-refractivity contribution in [2.45, 2.75) is 26.6 Å². The number of nitrogens with two attached hydrogens (primary N) is 1. The maximum absolute atomic E-state index is 12.0. The van der Waals surface area contributed by atoms with E-state index in [0.717, 1.165) is 12.1 Å². The molecule has 0 aliphatic carbocycles. The van der Waals surface area contributed by atoms with Gasteiger partial charge >= 0.3 is 0 Å². The summed E-state index contributed by atoms with van der Waals surface area (Å²) < 4.78 is 3.37. The van der Waals surface area contributed by atoms with E-state index in [-0.39, 0.29) is 12.5 Å². The van der Waals surface area contributed by atoms with E-state index in [9.17, 15) is 4.79 Å². The highest BCUT2D eigenvalue weighted by Crippen LogP contribution is 2.04. The molecule has 0 spiro atoms. The van der Waals surface area contributed by atoms with Gasteiger partial charge in [-0.15, -0.1) is 0 Å². The topological polar surface area (TPSA) is 82.0 Å². The third-order valence-electron chi connectivity index (χ3n) is 2.81. The van der Waals surface area contributed by atoms with E-state index >= 15 is 0 Å². The Morgan fingerprint density at radius 3 is 2.84 bits per heavy atom. The predicted octanol–water partition coefficient (Wildman–Crippen LogP) is 0.340. The highest BCUT2D eigenvalue weighted by molar-refractivity contribution is 5.75. The summed E-state index contributed by atoms with van der Waals surface area (Å²) in [6.07, 6.45) is 5.41. The number of hydrogen-bond acceptors (Lipinski definition) is 4. The van der Waals surface area contributed by atoms with Crippen molar-refractivity contribution in [2.75, 3.05) is 12.8 Å². The second-order valence-corrected chi connectivity index (χ2v) is 4.39. The zero-order valence-electron chi connectivity index (χ0n) is 11.2. The quantitative estimate of drug-likeness (QED) is 0.842. The molecule has 0 aromatic carbocycles. The summed E-state index contributed by atoms with van der Waals surface area (Å²) >= 11 is 0. The summed E-state index contributed by atoms with van der Waals surface area (Å²) in [4.78, 5) is 13.6. The smallest absolute Gasteiger partial charge is 0.244 e. The van der Waals surface area contributed by atoms with Crippen molar-refractivity contribution in [3.8, 4) is 0 Å². The monoisotopic (exact) mass is 262 g/mol. The van der Waals surface area contributed by atoms with Gasteiger partial charge in [-0.3, -0.25) is 14.2 Å². The summed E-state index contributed by atoms with van der Waals surface area (Å²) in [6.45, 7) is 3.57. The molecule has 7 nitrogen and oxygen atoms in total. The molecule has 0 aliphatic rings. The molecule has 0 unspecified atom stereocenters. The van der Waals surface area contributed by atoms with Crippen LogP contribution in [0.4, 0.5) is 5.82 Å². The Kier molecular flexibility index (Phi) is 3.84. The molecule has 1 amide bonds. The van der Waals surface area contributed by atoms with Gasteiger partial charge in [0.2, 0.25) is 5.91 Å². The van der Waals surface area contributed by atoms with Crippen molar-refractivity contribution in [3.63, 3.8) is 0 Å². The number of nitrogens with zero attached hydrogens (tertiary/aromatic N) is 5. The van der Waals surface area contributed by atoms with Gasteiger partial charge in [0.15, 0.2) is 0 Å². The van der Waals surface area contributed by atoms with Crippen LogP contribution in [0.25, 0.3) is 0 Å². The van der Waals surface area contributed by atoms with Crippen molar-refractivity contribution in [1.29, 1.82) is 0 Å². The lowest BCUT2D eigenvalue weighted by Crippen LogP contribution is -2.29. The number of nitrogen functional groups attached to an aromatic ring is 1. The highest BCUT2D eigenvalue weighted by Gasteiger charge is 2.11. The Bertz CT molecular complexity index is 558. The number of rotatable bonds is 5. The summed E-state index contributed by atoms with van der Waals surface area (Å²) in [7, 11) is 1.76. The maximum Gasteiger partial charge on any atom is 0.244 e. The number of aromatic nitrogens is 4. The van der Waals surface area contributed by atoms with Crippen molar-refractivity contribution < 1.29 is 4.79 Å². The van der Waals surface area contributed by atoms with Crippen molar-refractivity contribution in [1.82, 2.24) is 24.5 Å². The molecule has 0 bridgehead atoms. The van der Waals surface area contributed by atoms with Crippen LogP contribution in [0.3, 0.4) is 0 Å². The van der Waals surface area contributed by atoms with Gasteiger partial charge in [-0.05, 0) is 13.0 Å². The minimum atomic E-state index is -0.0210. The standard InChI is InChI=1S/C12H18N6O/c1-3-17-8-10(6-14-17)7-16(2)12(19)9-18-5-4-11(13)15-18/h4-6,8H,3,7,9H2,1-2H3,(H2,13,15). The molecule has 2 N–H and O–H groups in total. The van der Waals surface area contributed by atoms with Gasteiger partial charge in [0, 0.05) is 38.1 Å². The molecule has 0 radical (unpaired) electrons. The Hall–Kier alpha value is -2.31. The SMILES string of the molecule is CCn1cc(CN(C)C(=O)Cn2ccc(N)n2)cn1. The largest absolute Gasteiger partial charge is 0.382 e. The molecular weight excluding hydrogens is 244 g/mol. The van der Waals surface area contributed by atoms with Gasteiger partial charge in [0.1, 0.15) is 12.4 Å². The number of carbonyl (C=O) groups is 1. The molecule has 7 heteroatoms. The minimum absolute atomic E-state index is 0.0210. The molecule has 2 aromatic heterocycles. The Labute approximate surface area is 111 Å². The van der Waals surface area contributed by atoms with Crippen LogP contribution in [0.2, 0.25) is 0 Å². The zero-order chi connectivity index (χ0) is 13.8. The van der Waals surface area contributed by atoms with E-state index in [1.54, 1.807) is 30.4 Å². The predicted molar refractivity (Wildman–Crippen MR) is 71.0 cm³/mol. The number of likely N-dealkylation sites (N-methyl/N-ethyl adjacent to an activating group) is 1. The van der Waals surface area contributed by atoms with Crippen LogP contribution in [0, 0.1) is 0 Å². The van der Waals surface area contributed by atoms with Gasteiger partial charge in [-0.25, -0.2) is 0 Å². The molecular formula is C12H18N6O. The zero-order valence-corrected chi connectivity index (χ0v) is 11.2. The normalized spacial score (nSPS) is 10.6. The highest BCUT2D eigenvalue weighted by atomic mass is 16.2. The Morgan fingerprint density at radius 2 is 2.26 bits per heavy atom. The average Bonchev–Trinajstić information content (AvgIpc) is 2.98. The first-order chi connectivity index (χ1) is 9.08. The molecule has 0 saturated heterocycles. The number of carbonyl (C=O) groups excluding carboxylic acids is 1. The molecule has 19 heavy (non-hydrogen) atoms. The van der Waals surface area contributed by atoms with Crippen molar-refractivity contribution in [2.24, 2.45) is 0 Å². The number of amides is 1. The average molecular weight is 262 g/mol. The van der Waals surface area contributed by atoms with E-state index < -0.39 is 0 Å². The van der Waals surface area contributed by atoms with E-state index in [0.29, 0.717) is 12.4 Å². The lowest BCUT2D eigenvalue weighted by molar-refractivity contribution is -0.131. The minimum Gasteiger partial charge on any atom is -0.382 e. The van der Waals surface area contributed by atoms with Crippen LogP contribution in [0.5, 0.6) is 0 Å². The fourth-order valence-electron chi connectivity index (χ4n) is 1.75. The van der Waals surface area contributed by atoms with E-state index in [1.165, 1.54) is 4.68 Å². The van der Waals surface area contributed by atoms with Gasteiger partial charge in [0.25, 0.3) is 0 Å². The van der Waals surface area contributed by atoms with E-state index in [2.05, 4.69) is 10.2 Å². The van der Waals surface area contributed by atoms with E-state index in [1.807, 2.05) is 17.8 Å². The fraction of sp³-hybridized carbons (Fsp3) is 0.417. The second kappa shape index (κ2) is 5.55. The van der Waals surface area contributed by atoms with Gasteiger partial charge in [-0.2, -0.15) is 10.2 Å². The summed E-state index contributed by atoms with van der Waals surface area (Å²) in [5.41, 5.74) is 6.52. The molecule has 0 atom stereocenters. The molecule has 2 rings (SSSR count). The lowest BCUT2D eigenvalue weighted by atomic mass is 10.3. The third kappa shape index (κ3) is 3.34. The van der Waals surface area contributed by atoms with Crippen LogP contribution in [0.15, 0.2) is 24.7 Å². The molecule has 0 saturated carbocycles. The van der Waals surface area contributed by atoms with Crippen LogP contribution < -0.4 is 5.73 Å². The Morgan fingerprint density at radius 1 is 1.47 bits per heavy atom. The maximum atomic E-state index is 12.0. The van der Waals surface area contributed by atoms with Gasteiger partial charge < -0.3 is 10.6 Å². The van der Waals surface area contributed by atoms with Gasteiger partial charge in [0.05, 0.1) is 6.20 Å². The summed E-state index contributed by atoms with van der Waals surface area (Å²) in [6, 6.07) is 1.67. The molecule has 2 heterocycles. The third-order valence-corrected chi connectivity index (χ3v) is 2.81. The summed E-state index contributed by atoms with van der Waals surface area (Å²) in [5, 5.41) is 8.17. The first kappa shape index (κ1) is 13.1. The molecule has 0 fully saturated rings. The molecule has 2 aromatic rings. The molecule has 0 aliphatic heterocycles. The molecule has 102 valence electrons. The Balaban J connectivity index is 1.91. The fourth-order valence-corrected chi connectivity index (χ4v) is 1.75. The van der Waals surface area contributed by atoms with Gasteiger partial charge in [-0.1, -0.05) is 0 Å². The van der Waals surface area contributed by atoms with Crippen LogP contribution in [0.1, 0.15) is 12.5 Å². The van der Waals surface area contributed by atoms with E-state index in [4.69, 9.17) is 5.73 Å². The van der Waals surface area contributed by atoms with Crippen LogP contribution in [-0.4, -0.2) is 37.4 Å². The summed E-state index contributed by atoms with van der Waals surface area (Å²) in [5.74, 6) is 0.395. The number of hydrogen-bond donors (Lipinski definition) is 1. The number of anilines is 1. The van der Waals surface area contributed by atoms with Crippen LogP contribution >= 0.6 is 0 Å². The lowest BCUT2D eigenvalue weighted by Gasteiger charge is -2.16. The number of aryl methyl sites for hydroxylation is 1. The van der Waals surface area contributed by atoms with Crippen molar-refractivity contribution >= 4 is 11.7 Å². The van der Waals surface area contributed by atoms with Crippen molar-refractivity contribution in [3.05, 3.63) is 30.2 Å². The first-order valence-corrected chi connectivity index (χ1v) is 6.12. The van der Waals surface area contributed by atoms with Crippen LogP contribution in [-0.2, 0) is 24.4 Å². The second-order valence-electron chi connectivity index (χ2n) is 4.39. The first-order valence-electron chi connectivity index (χ1n) is 6.12.